The average Bonchev–Trinajstić information content (AvgIpc) is 3.18. The Hall–Kier alpha value is -3.67. The Bertz CT molecular complexity index is 1200. The van der Waals surface area contributed by atoms with Crippen molar-refractivity contribution in [2.75, 3.05) is 4.90 Å². The van der Waals surface area contributed by atoms with E-state index in [1.54, 1.807) is 0 Å². The van der Waals surface area contributed by atoms with Crippen LogP contribution in [0, 0.1) is 0 Å². The van der Waals surface area contributed by atoms with Gasteiger partial charge in [0.05, 0.1) is 5.69 Å². The van der Waals surface area contributed by atoms with E-state index in [4.69, 9.17) is 0 Å². The highest BCUT2D eigenvalue weighted by molar-refractivity contribution is 6.14. The summed E-state index contributed by atoms with van der Waals surface area (Å²) in [6.07, 6.45) is 7.20. The Kier molecular flexibility index (Phi) is 3.68. The SMILES string of the molecule is O=C1NC(=O)N(c2ccc3c(c2)N=CC3)C1c1ccc(-c2c[nH]c(C3CC3)c2)cc1. The van der Waals surface area contributed by atoms with Gasteiger partial charge in [0.15, 0.2) is 0 Å². The van der Waals surface area contributed by atoms with Crippen molar-refractivity contribution in [3.63, 3.8) is 0 Å². The van der Waals surface area contributed by atoms with E-state index in [-0.39, 0.29) is 5.91 Å². The number of fused-ring (bicyclic) bond motifs is 1. The molecule has 148 valence electrons. The summed E-state index contributed by atoms with van der Waals surface area (Å²) in [7, 11) is 0. The lowest BCUT2D eigenvalue weighted by Gasteiger charge is -2.22. The zero-order valence-corrected chi connectivity index (χ0v) is 16.3. The molecule has 2 aliphatic heterocycles. The van der Waals surface area contributed by atoms with Crippen LogP contribution < -0.4 is 10.2 Å². The molecule has 2 N–H and O–H groups in total. The van der Waals surface area contributed by atoms with Crippen LogP contribution in [0.3, 0.4) is 0 Å². The standard InChI is InChI=1S/C24H20N4O2/c29-23-22(28(24(30)27-23)19-8-7-16-9-10-25-21(16)12-19)17-5-1-14(2-6-17)18-11-20(26-13-18)15-3-4-15/h1-2,5-8,10-13,15,22,26H,3-4,9H2,(H,27,29,30). The third-order valence-corrected chi connectivity index (χ3v) is 6.13. The van der Waals surface area contributed by atoms with Crippen LogP contribution in [0.25, 0.3) is 11.1 Å². The summed E-state index contributed by atoms with van der Waals surface area (Å²) in [4.78, 5) is 34.5. The largest absolute Gasteiger partial charge is 0.364 e. The minimum atomic E-state index is -0.691. The fourth-order valence-corrected chi connectivity index (χ4v) is 4.34. The van der Waals surface area contributed by atoms with Crippen molar-refractivity contribution in [2.45, 2.75) is 31.2 Å². The number of rotatable bonds is 4. The predicted molar refractivity (Wildman–Crippen MR) is 115 cm³/mol. The van der Waals surface area contributed by atoms with Gasteiger partial charge in [-0.1, -0.05) is 30.3 Å². The number of aliphatic imine (C=N–C) groups is 1. The van der Waals surface area contributed by atoms with Crippen LogP contribution in [-0.4, -0.2) is 23.1 Å². The molecule has 0 radical (unpaired) electrons. The smallest absolute Gasteiger partial charge is 0.329 e. The zero-order chi connectivity index (χ0) is 20.2. The number of carbonyl (C=O) groups excluding carboxylic acids is 2. The minimum Gasteiger partial charge on any atom is -0.364 e. The number of amides is 3. The maximum absolute atomic E-state index is 12.6. The molecule has 2 aromatic carbocycles. The summed E-state index contributed by atoms with van der Waals surface area (Å²) >= 11 is 0. The molecule has 1 aromatic heterocycles. The molecule has 30 heavy (non-hydrogen) atoms. The highest BCUT2D eigenvalue weighted by atomic mass is 16.2. The molecular weight excluding hydrogens is 376 g/mol. The summed E-state index contributed by atoms with van der Waals surface area (Å²) in [6, 6.07) is 14.7. The Morgan fingerprint density at radius 2 is 1.80 bits per heavy atom. The number of anilines is 1. The first kappa shape index (κ1) is 17.2. The first-order valence-electron chi connectivity index (χ1n) is 10.3. The second kappa shape index (κ2) is 6.42. The highest BCUT2D eigenvalue weighted by Gasteiger charge is 2.40. The van der Waals surface area contributed by atoms with Gasteiger partial charge in [-0.25, -0.2) is 4.79 Å². The number of hydrogen-bond donors (Lipinski definition) is 2. The number of aromatic nitrogens is 1. The van der Waals surface area contributed by atoms with Gasteiger partial charge >= 0.3 is 6.03 Å². The molecule has 0 spiro atoms. The van der Waals surface area contributed by atoms with Gasteiger partial charge in [-0.15, -0.1) is 0 Å². The summed E-state index contributed by atoms with van der Waals surface area (Å²) in [5, 5.41) is 2.46. The lowest BCUT2D eigenvalue weighted by atomic mass is 10.0. The first-order valence-corrected chi connectivity index (χ1v) is 10.3. The minimum absolute atomic E-state index is 0.311. The maximum Gasteiger partial charge on any atom is 0.329 e. The van der Waals surface area contributed by atoms with Crippen molar-refractivity contribution in [1.82, 2.24) is 10.3 Å². The third-order valence-electron chi connectivity index (χ3n) is 6.13. The molecule has 1 unspecified atom stereocenters. The molecule has 6 rings (SSSR count). The predicted octanol–water partition coefficient (Wildman–Crippen LogP) is 4.62. The van der Waals surface area contributed by atoms with Crippen LogP contribution >= 0.6 is 0 Å². The number of imide groups is 1. The van der Waals surface area contributed by atoms with Gasteiger partial charge in [0.1, 0.15) is 6.04 Å². The van der Waals surface area contributed by atoms with Crippen LogP contribution in [0.5, 0.6) is 0 Å². The van der Waals surface area contributed by atoms with Crippen LogP contribution in [0.1, 0.15) is 41.6 Å². The molecule has 1 saturated carbocycles. The van der Waals surface area contributed by atoms with E-state index in [0.29, 0.717) is 11.6 Å². The Balaban J connectivity index is 1.32. The third kappa shape index (κ3) is 2.76. The number of aromatic amines is 1. The van der Waals surface area contributed by atoms with E-state index < -0.39 is 12.1 Å². The number of carbonyl (C=O) groups is 2. The lowest BCUT2D eigenvalue weighted by Crippen LogP contribution is -2.29. The monoisotopic (exact) mass is 396 g/mol. The van der Waals surface area contributed by atoms with E-state index in [1.165, 1.54) is 23.4 Å². The van der Waals surface area contributed by atoms with Crippen LogP contribution in [0.2, 0.25) is 0 Å². The van der Waals surface area contributed by atoms with Crippen LogP contribution in [0.15, 0.2) is 59.7 Å². The van der Waals surface area contributed by atoms with Gasteiger partial charge in [0.2, 0.25) is 0 Å². The van der Waals surface area contributed by atoms with Crippen molar-refractivity contribution < 1.29 is 9.59 Å². The zero-order valence-electron chi connectivity index (χ0n) is 16.3. The number of urea groups is 1. The molecule has 1 saturated heterocycles. The molecule has 3 amide bonds. The van der Waals surface area contributed by atoms with E-state index in [2.05, 4.69) is 21.4 Å². The fourth-order valence-electron chi connectivity index (χ4n) is 4.34. The highest BCUT2D eigenvalue weighted by Crippen LogP contribution is 2.41. The van der Waals surface area contributed by atoms with Gasteiger partial charge in [-0.2, -0.15) is 0 Å². The molecule has 3 aliphatic rings. The van der Waals surface area contributed by atoms with Crippen molar-refractivity contribution in [3.8, 4) is 11.1 Å². The number of nitrogens with one attached hydrogen (secondary N) is 2. The van der Waals surface area contributed by atoms with E-state index in [9.17, 15) is 9.59 Å². The number of nitrogens with zero attached hydrogens (tertiary/aromatic N) is 2. The fraction of sp³-hybridized carbons (Fsp3) is 0.208. The van der Waals surface area contributed by atoms with Gasteiger partial charge in [0, 0.05) is 30.2 Å². The molecule has 3 heterocycles. The number of hydrogen-bond acceptors (Lipinski definition) is 3. The second-order valence-corrected chi connectivity index (χ2v) is 8.14. The van der Waals surface area contributed by atoms with Crippen LogP contribution in [0.4, 0.5) is 16.2 Å². The molecule has 6 nitrogen and oxygen atoms in total. The molecule has 1 aliphatic carbocycles. The second-order valence-electron chi connectivity index (χ2n) is 8.14. The van der Waals surface area contributed by atoms with Crippen molar-refractivity contribution >= 4 is 29.5 Å². The number of benzene rings is 2. The van der Waals surface area contributed by atoms with E-state index >= 15 is 0 Å². The Morgan fingerprint density at radius 1 is 0.967 bits per heavy atom. The van der Waals surface area contributed by atoms with Crippen molar-refractivity contribution in [2.24, 2.45) is 4.99 Å². The number of H-pyrrole nitrogens is 1. The van der Waals surface area contributed by atoms with Gasteiger partial charge in [0.25, 0.3) is 5.91 Å². The average molecular weight is 396 g/mol. The normalized spacial score (nSPS) is 20.0. The van der Waals surface area contributed by atoms with E-state index in [0.717, 1.165) is 34.4 Å². The Morgan fingerprint density at radius 3 is 2.60 bits per heavy atom. The molecule has 1 atom stereocenters. The first-order chi connectivity index (χ1) is 14.7. The van der Waals surface area contributed by atoms with Gasteiger partial charge in [-0.05, 0) is 59.2 Å². The quantitative estimate of drug-likeness (QED) is 0.632. The molecule has 3 aromatic rings. The molecule has 2 fully saturated rings. The van der Waals surface area contributed by atoms with E-state index in [1.807, 2.05) is 54.9 Å². The molecule has 6 heteroatoms. The van der Waals surface area contributed by atoms with Crippen LogP contribution in [-0.2, 0) is 11.2 Å². The molecule has 0 bridgehead atoms. The lowest BCUT2D eigenvalue weighted by molar-refractivity contribution is -0.119. The molecular formula is C24H20N4O2. The summed E-state index contributed by atoms with van der Waals surface area (Å²) < 4.78 is 0. The maximum atomic E-state index is 12.6. The van der Waals surface area contributed by atoms with Gasteiger partial charge < -0.3 is 4.98 Å². The van der Waals surface area contributed by atoms with Gasteiger partial charge in [-0.3, -0.25) is 20.0 Å². The van der Waals surface area contributed by atoms with Crippen molar-refractivity contribution in [3.05, 3.63) is 71.5 Å². The summed E-state index contributed by atoms with van der Waals surface area (Å²) in [5.74, 6) is 0.367. The topological polar surface area (TPSA) is 77.6 Å². The summed E-state index contributed by atoms with van der Waals surface area (Å²) in [5.41, 5.74) is 6.96. The Labute approximate surface area is 173 Å². The van der Waals surface area contributed by atoms with Crippen molar-refractivity contribution in [1.29, 1.82) is 0 Å². The summed E-state index contributed by atoms with van der Waals surface area (Å²) in [6.45, 7) is 0.